The highest BCUT2D eigenvalue weighted by Crippen LogP contribution is 2.29. The summed E-state index contributed by atoms with van der Waals surface area (Å²) in [5.41, 5.74) is 21.5. The van der Waals surface area contributed by atoms with E-state index in [-0.39, 0.29) is 11.9 Å². The highest BCUT2D eigenvalue weighted by Gasteiger charge is 2.18. The molecule has 0 amide bonds. The quantitative estimate of drug-likeness (QED) is 0.533. The zero-order valence-corrected chi connectivity index (χ0v) is 10.9. The molecule has 0 saturated heterocycles. The zero-order valence-electron chi connectivity index (χ0n) is 10.9. The summed E-state index contributed by atoms with van der Waals surface area (Å²) in [7, 11) is 4.50. The average molecular weight is 244 g/mol. The minimum Gasteiger partial charge on any atom is -0.333 e. The molecule has 0 saturated carbocycles. The van der Waals surface area contributed by atoms with Crippen molar-refractivity contribution in [2.24, 2.45) is 22.9 Å². The zero-order chi connectivity index (χ0) is 13.8. The van der Waals surface area contributed by atoms with Crippen LogP contribution in [0.25, 0.3) is 0 Å². The van der Waals surface area contributed by atoms with E-state index in [9.17, 15) is 4.39 Å². The van der Waals surface area contributed by atoms with E-state index in [1.807, 2.05) is 0 Å². The molecule has 4 nitrogen and oxygen atoms in total. The fourth-order valence-corrected chi connectivity index (χ4v) is 1.62. The molecule has 1 aromatic carbocycles. The van der Waals surface area contributed by atoms with Crippen LogP contribution in [-0.4, -0.2) is 21.1 Å². The van der Waals surface area contributed by atoms with Gasteiger partial charge in [-0.15, -0.1) is 0 Å². The lowest BCUT2D eigenvalue weighted by atomic mass is 10.1. The molecule has 0 aliphatic heterocycles. The molecule has 100 valence electrons. The Morgan fingerprint density at radius 2 is 1.59 bits per heavy atom. The van der Waals surface area contributed by atoms with Crippen LogP contribution in [0.15, 0.2) is 18.2 Å². The third-order valence-corrected chi connectivity index (χ3v) is 2.23. The SMILES string of the molecule is CN.CN.CN.NC1CCc2cc(F)ccc21. The Kier molecular flexibility index (Phi) is 12.4. The van der Waals surface area contributed by atoms with E-state index in [0.717, 1.165) is 24.0 Å². The van der Waals surface area contributed by atoms with Crippen LogP contribution < -0.4 is 22.9 Å². The first kappa shape index (κ1) is 18.4. The van der Waals surface area contributed by atoms with Crippen molar-refractivity contribution in [3.63, 3.8) is 0 Å². The maximum Gasteiger partial charge on any atom is 0.123 e. The largest absolute Gasteiger partial charge is 0.333 e. The van der Waals surface area contributed by atoms with Gasteiger partial charge in [0.15, 0.2) is 0 Å². The molecule has 0 aromatic heterocycles. The average Bonchev–Trinajstić information content (AvgIpc) is 2.78. The van der Waals surface area contributed by atoms with E-state index in [1.165, 1.54) is 27.2 Å². The number of halogens is 1. The van der Waals surface area contributed by atoms with E-state index in [4.69, 9.17) is 5.73 Å². The number of rotatable bonds is 0. The van der Waals surface area contributed by atoms with E-state index in [0.29, 0.717) is 0 Å². The maximum atomic E-state index is 12.6. The lowest BCUT2D eigenvalue weighted by molar-refractivity contribution is 0.625. The molecule has 17 heavy (non-hydrogen) atoms. The molecule has 1 unspecified atom stereocenters. The summed E-state index contributed by atoms with van der Waals surface area (Å²) in [5.74, 6) is -0.155. The van der Waals surface area contributed by atoms with E-state index < -0.39 is 0 Å². The molecule has 1 atom stereocenters. The summed E-state index contributed by atoms with van der Waals surface area (Å²) in [6, 6.07) is 4.99. The minimum absolute atomic E-state index is 0.130. The molecule has 2 rings (SSSR count). The summed E-state index contributed by atoms with van der Waals surface area (Å²) >= 11 is 0. The number of aryl methyl sites for hydroxylation is 1. The lowest BCUT2D eigenvalue weighted by Crippen LogP contribution is -2.04. The summed E-state index contributed by atoms with van der Waals surface area (Å²) in [5, 5.41) is 0. The first-order valence-electron chi connectivity index (χ1n) is 5.54. The molecule has 1 aliphatic carbocycles. The van der Waals surface area contributed by atoms with Crippen molar-refractivity contribution in [3.05, 3.63) is 35.1 Å². The van der Waals surface area contributed by atoms with Gasteiger partial charge < -0.3 is 22.9 Å². The third-order valence-electron chi connectivity index (χ3n) is 2.23. The maximum absolute atomic E-state index is 12.6. The summed E-state index contributed by atoms with van der Waals surface area (Å²) in [6.07, 6.45) is 1.88. The second-order valence-electron chi connectivity index (χ2n) is 2.99. The molecule has 8 N–H and O–H groups in total. The Labute approximate surface area is 103 Å². The normalized spacial score (nSPS) is 15.2. The molecular formula is C12H25FN4. The van der Waals surface area contributed by atoms with Crippen molar-refractivity contribution >= 4 is 0 Å². The van der Waals surface area contributed by atoms with Gasteiger partial charge in [-0.25, -0.2) is 4.39 Å². The van der Waals surface area contributed by atoms with E-state index in [1.54, 1.807) is 12.1 Å². The standard InChI is InChI=1S/C9H10FN.3CH5N/c10-7-2-3-8-6(5-7)1-4-9(8)11;3*1-2/h2-3,5,9H,1,4,11H2;3*2H2,1H3. The topological polar surface area (TPSA) is 104 Å². The number of hydrogen-bond acceptors (Lipinski definition) is 4. The molecule has 0 radical (unpaired) electrons. The molecule has 1 aromatic rings. The molecular weight excluding hydrogens is 219 g/mol. The second kappa shape index (κ2) is 11.5. The minimum atomic E-state index is -0.155. The third kappa shape index (κ3) is 5.74. The van der Waals surface area contributed by atoms with Crippen LogP contribution in [0.5, 0.6) is 0 Å². The molecule has 0 fully saturated rings. The number of nitrogens with two attached hydrogens (primary N) is 4. The Morgan fingerprint density at radius 3 is 2.12 bits per heavy atom. The Morgan fingerprint density at radius 1 is 1.06 bits per heavy atom. The molecule has 0 spiro atoms. The predicted octanol–water partition coefficient (Wildman–Crippen LogP) is 0.496. The van der Waals surface area contributed by atoms with Crippen molar-refractivity contribution < 1.29 is 4.39 Å². The van der Waals surface area contributed by atoms with Crippen LogP contribution in [0.4, 0.5) is 4.39 Å². The van der Waals surface area contributed by atoms with E-state index >= 15 is 0 Å². The number of benzene rings is 1. The van der Waals surface area contributed by atoms with Gasteiger partial charge in [-0.3, -0.25) is 0 Å². The van der Waals surface area contributed by atoms with Gasteiger partial charge in [0.2, 0.25) is 0 Å². The van der Waals surface area contributed by atoms with Gasteiger partial charge in [-0.1, -0.05) is 6.07 Å². The van der Waals surface area contributed by atoms with Gasteiger partial charge in [0.25, 0.3) is 0 Å². The van der Waals surface area contributed by atoms with Gasteiger partial charge in [-0.2, -0.15) is 0 Å². The van der Waals surface area contributed by atoms with E-state index in [2.05, 4.69) is 17.2 Å². The van der Waals surface area contributed by atoms with Crippen LogP contribution in [0.1, 0.15) is 23.6 Å². The van der Waals surface area contributed by atoms with Crippen LogP contribution in [0, 0.1) is 5.82 Å². The number of fused-ring (bicyclic) bond motifs is 1. The van der Waals surface area contributed by atoms with Gasteiger partial charge in [-0.05, 0) is 57.2 Å². The highest BCUT2D eigenvalue weighted by atomic mass is 19.1. The van der Waals surface area contributed by atoms with Crippen molar-refractivity contribution in [2.75, 3.05) is 21.1 Å². The number of hydrogen-bond donors (Lipinski definition) is 4. The highest BCUT2D eigenvalue weighted by molar-refractivity contribution is 5.34. The fraction of sp³-hybridized carbons (Fsp3) is 0.500. The van der Waals surface area contributed by atoms with Crippen molar-refractivity contribution in [1.29, 1.82) is 0 Å². The van der Waals surface area contributed by atoms with Gasteiger partial charge in [0, 0.05) is 6.04 Å². The van der Waals surface area contributed by atoms with Crippen LogP contribution in [-0.2, 0) is 6.42 Å². The first-order chi connectivity index (χ1) is 8.27. The van der Waals surface area contributed by atoms with Crippen molar-refractivity contribution in [1.82, 2.24) is 0 Å². The fourth-order valence-electron chi connectivity index (χ4n) is 1.62. The van der Waals surface area contributed by atoms with Crippen LogP contribution >= 0.6 is 0 Å². The van der Waals surface area contributed by atoms with Gasteiger partial charge >= 0.3 is 0 Å². The molecule has 0 bridgehead atoms. The van der Waals surface area contributed by atoms with Crippen LogP contribution in [0.3, 0.4) is 0 Å². The Bertz CT molecular complexity index is 292. The second-order valence-corrected chi connectivity index (χ2v) is 2.99. The smallest absolute Gasteiger partial charge is 0.123 e. The molecule has 5 heteroatoms. The lowest BCUT2D eigenvalue weighted by Gasteiger charge is -2.02. The Balaban J connectivity index is 0. The molecule has 0 heterocycles. The monoisotopic (exact) mass is 244 g/mol. The van der Waals surface area contributed by atoms with Crippen molar-refractivity contribution in [3.8, 4) is 0 Å². The molecule has 1 aliphatic rings. The predicted molar refractivity (Wildman–Crippen MR) is 72.0 cm³/mol. The van der Waals surface area contributed by atoms with Gasteiger partial charge in [0.05, 0.1) is 0 Å². The first-order valence-corrected chi connectivity index (χ1v) is 5.54. The summed E-state index contributed by atoms with van der Waals surface area (Å²) < 4.78 is 12.6. The van der Waals surface area contributed by atoms with Gasteiger partial charge in [0.1, 0.15) is 5.82 Å². The summed E-state index contributed by atoms with van der Waals surface area (Å²) in [4.78, 5) is 0. The summed E-state index contributed by atoms with van der Waals surface area (Å²) in [6.45, 7) is 0. The van der Waals surface area contributed by atoms with Crippen LogP contribution in [0.2, 0.25) is 0 Å². The Hall–Kier alpha value is -1.01. The van der Waals surface area contributed by atoms with Crippen molar-refractivity contribution in [2.45, 2.75) is 18.9 Å².